The van der Waals surface area contributed by atoms with Gasteiger partial charge in [0.15, 0.2) is 0 Å². The van der Waals surface area contributed by atoms with E-state index in [0.717, 1.165) is 19.4 Å². The fraction of sp³-hybridized carbons (Fsp3) is 0.947. The number of hydrogen-bond donors (Lipinski definition) is 1. The average molecular weight is 313 g/mol. The smallest absolute Gasteiger partial charge is 0.314 e. The van der Waals surface area contributed by atoms with Gasteiger partial charge in [0.25, 0.3) is 0 Å². The standard InChI is InChI=1S/C19H37NO2/c1-4-5-6-7-8-9-10-11-12-13-16(14-17-15-22-17)19(2,3)18(20)21/h16-17H,4-15H2,1-3H3,(H2,20,21)/p+1. The highest BCUT2D eigenvalue weighted by Gasteiger charge is 2.40. The van der Waals surface area contributed by atoms with Gasteiger partial charge in [-0.2, -0.15) is 0 Å². The molecule has 0 radical (unpaired) electrons. The molecule has 1 amide bonds. The molecule has 3 heteroatoms. The van der Waals surface area contributed by atoms with Gasteiger partial charge in [0.05, 0.1) is 18.1 Å². The highest BCUT2D eigenvalue weighted by atomic mass is 16.6. The van der Waals surface area contributed by atoms with Crippen LogP contribution in [-0.2, 0) is 9.53 Å². The molecule has 3 N–H and O–H groups in total. The third-order valence-corrected chi connectivity index (χ3v) is 5.35. The molecule has 0 aromatic carbocycles. The van der Waals surface area contributed by atoms with Crippen LogP contribution in [0.5, 0.6) is 0 Å². The molecule has 0 aliphatic carbocycles. The Kier molecular flexibility index (Phi) is 9.27. The van der Waals surface area contributed by atoms with Crippen molar-refractivity contribution in [1.82, 2.24) is 0 Å². The molecule has 1 aliphatic heterocycles. The van der Waals surface area contributed by atoms with Gasteiger partial charge in [-0.15, -0.1) is 0 Å². The van der Waals surface area contributed by atoms with Crippen molar-refractivity contribution in [3.63, 3.8) is 0 Å². The van der Waals surface area contributed by atoms with Gasteiger partial charge in [0.1, 0.15) is 0 Å². The van der Waals surface area contributed by atoms with Crippen LogP contribution in [0.3, 0.4) is 0 Å². The first-order valence-electron chi connectivity index (χ1n) is 9.46. The number of quaternary nitrogens is 1. The topological polar surface area (TPSA) is 57.2 Å². The Bertz CT molecular complexity index is 311. The van der Waals surface area contributed by atoms with Crippen molar-refractivity contribution in [1.29, 1.82) is 0 Å². The summed E-state index contributed by atoms with van der Waals surface area (Å²) in [6.45, 7) is 7.27. The normalized spacial score (nSPS) is 19.2. The molecule has 0 bridgehead atoms. The molecule has 1 heterocycles. The summed E-state index contributed by atoms with van der Waals surface area (Å²) < 4.78 is 5.37. The van der Waals surface area contributed by atoms with E-state index in [1.54, 1.807) is 0 Å². The van der Waals surface area contributed by atoms with Crippen LogP contribution in [0.4, 0.5) is 0 Å². The number of ether oxygens (including phenoxy) is 1. The van der Waals surface area contributed by atoms with Gasteiger partial charge in [-0.3, -0.25) is 5.73 Å². The second-order valence-corrected chi connectivity index (χ2v) is 7.65. The monoisotopic (exact) mass is 312 g/mol. The summed E-state index contributed by atoms with van der Waals surface area (Å²) in [5.41, 5.74) is 3.37. The predicted molar refractivity (Wildman–Crippen MR) is 91.4 cm³/mol. The molecule has 22 heavy (non-hydrogen) atoms. The number of unbranched alkanes of at least 4 members (excludes halogenated alkanes) is 8. The Morgan fingerprint density at radius 3 is 2.05 bits per heavy atom. The van der Waals surface area contributed by atoms with Gasteiger partial charge in [0, 0.05) is 0 Å². The van der Waals surface area contributed by atoms with Gasteiger partial charge < -0.3 is 4.74 Å². The van der Waals surface area contributed by atoms with E-state index in [-0.39, 0.29) is 11.3 Å². The van der Waals surface area contributed by atoms with Gasteiger partial charge >= 0.3 is 5.91 Å². The van der Waals surface area contributed by atoms with Crippen LogP contribution in [0.1, 0.15) is 91.4 Å². The molecular weight excluding hydrogens is 274 g/mol. The zero-order valence-corrected chi connectivity index (χ0v) is 15.2. The second kappa shape index (κ2) is 10.4. The van der Waals surface area contributed by atoms with Crippen molar-refractivity contribution in [2.24, 2.45) is 11.3 Å². The lowest BCUT2D eigenvalue weighted by Crippen LogP contribution is -2.65. The maximum atomic E-state index is 11.8. The fourth-order valence-electron chi connectivity index (χ4n) is 3.22. The Balaban J connectivity index is 2.14. The van der Waals surface area contributed by atoms with Crippen molar-refractivity contribution in [2.75, 3.05) is 6.61 Å². The van der Waals surface area contributed by atoms with Gasteiger partial charge in [-0.25, -0.2) is 4.79 Å². The maximum absolute atomic E-state index is 11.8. The predicted octanol–water partition coefficient (Wildman–Crippen LogP) is 4.11. The molecule has 0 saturated carbocycles. The lowest BCUT2D eigenvalue weighted by molar-refractivity contribution is -0.320. The van der Waals surface area contributed by atoms with E-state index in [2.05, 4.69) is 26.5 Å². The fourth-order valence-corrected chi connectivity index (χ4v) is 3.22. The number of carbonyl (C=O) groups excluding carboxylic acids is 1. The molecule has 0 spiro atoms. The van der Waals surface area contributed by atoms with E-state index in [1.165, 1.54) is 57.8 Å². The summed E-state index contributed by atoms with van der Waals surface area (Å²) in [6, 6.07) is 0. The van der Waals surface area contributed by atoms with Crippen molar-refractivity contribution >= 4 is 5.91 Å². The summed E-state index contributed by atoms with van der Waals surface area (Å²) in [5.74, 6) is 0.503. The molecule has 0 aromatic heterocycles. The second-order valence-electron chi connectivity index (χ2n) is 7.65. The van der Waals surface area contributed by atoms with E-state index in [4.69, 9.17) is 4.74 Å². The van der Waals surface area contributed by atoms with Gasteiger partial charge in [0.2, 0.25) is 0 Å². The summed E-state index contributed by atoms with van der Waals surface area (Å²) in [6.07, 6.45) is 14.7. The summed E-state index contributed by atoms with van der Waals surface area (Å²) in [4.78, 5) is 11.8. The van der Waals surface area contributed by atoms with Crippen LogP contribution < -0.4 is 5.73 Å². The van der Waals surface area contributed by atoms with Crippen LogP contribution in [0.25, 0.3) is 0 Å². The molecule has 1 aliphatic rings. The van der Waals surface area contributed by atoms with Gasteiger partial charge in [-0.1, -0.05) is 64.7 Å². The first-order valence-corrected chi connectivity index (χ1v) is 9.46. The maximum Gasteiger partial charge on any atom is 0.314 e. The van der Waals surface area contributed by atoms with Crippen molar-refractivity contribution in [3.05, 3.63) is 0 Å². The number of amides is 1. The molecule has 0 aromatic rings. The zero-order valence-electron chi connectivity index (χ0n) is 15.2. The molecule has 1 rings (SSSR count). The van der Waals surface area contributed by atoms with Crippen LogP contribution in [0, 0.1) is 11.3 Å². The summed E-state index contributed by atoms with van der Waals surface area (Å²) in [7, 11) is 0. The quantitative estimate of drug-likeness (QED) is 0.388. The lowest BCUT2D eigenvalue weighted by Gasteiger charge is -2.29. The lowest BCUT2D eigenvalue weighted by atomic mass is 9.73. The number of carbonyl (C=O) groups is 1. The third-order valence-electron chi connectivity index (χ3n) is 5.35. The SMILES string of the molecule is CCCCCCCCCCCC(CC1CO1)C(C)(C)C([NH3+])=O. The van der Waals surface area contributed by atoms with E-state index < -0.39 is 0 Å². The minimum absolute atomic E-state index is 0.0778. The van der Waals surface area contributed by atoms with Crippen LogP contribution >= 0.6 is 0 Å². The summed E-state index contributed by atoms with van der Waals surface area (Å²) >= 11 is 0. The van der Waals surface area contributed by atoms with Crippen LogP contribution in [0.15, 0.2) is 0 Å². The Hall–Kier alpha value is -0.410. The Morgan fingerprint density at radius 2 is 1.59 bits per heavy atom. The molecular formula is C19H38NO2+. The zero-order chi connectivity index (χ0) is 16.4. The Morgan fingerprint density at radius 1 is 1.09 bits per heavy atom. The first-order chi connectivity index (χ1) is 10.5. The largest absolute Gasteiger partial charge is 0.373 e. The molecule has 2 unspecified atom stereocenters. The average Bonchev–Trinajstić information content (AvgIpc) is 3.28. The first kappa shape index (κ1) is 19.6. The number of rotatable bonds is 14. The number of epoxide rings is 1. The van der Waals surface area contributed by atoms with Crippen molar-refractivity contribution in [3.8, 4) is 0 Å². The number of hydrogen-bond acceptors (Lipinski definition) is 2. The van der Waals surface area contributed by atoms with E-state index in [1.807, 2.05) is 0 Å². The Labute approximate surface area is 137 Å². The molecule has 1 saturated heterocycles. The minimum atomic E-state index is -0.300. The molecule has 2 atom stereocenters. The van der Waals surface area contributed by atoms with Gasteiger partial charge in [-0.05, 0) is 32.6 Å². The molecule has 1 fully saturated rings. The highest BCUT2D eigenvalue weighted by molar-refractivity contribution is 5.71. The van der Waals surface area contributed by atoms with Crippen LogP contribution in [-0.4, -0.2) is 18.6 Å². The minimum Gasteiger partial charge on any atom is -0.373 e. The van der Waals surface area contributed by atoms with Crippen LogP contribution in [0.2, 0.25) is 0 Å². The third kappa shape index (κ3) is 7.73. The van der Waals surface area contributed by atoms with Crippen molar-refractivity contribution in [2.45, 2.75) is 97.5 Å². The van der Waals surface area contributed by atoms with E-state index in [9.17, 15) is 4.79 Å². The van der Waals surface area contributed by atoms with E-state index in [0.29, 0.717) is 12.0 Å². The van der Waals surface area contributed by atoms with E-state index >= 15 is 0 Å². The highest BCUT2D eigenvalue weighted by Crippen LogP contribution is 2.36. The van der Waals surface area contributed by atoms with Crippen molar-refractivity contribution < 1.29 is 15.3 Å². The summed E-state index contributed by atoms with van der Waals surface area (Å²) in [5, 5.41) is 0. The molecule has 130 valence electrons. The molecule has 3 nitrogen and oxygen atoms in total.